The Kier molecular flexibility index (Phi) is 2.73. The minimum absolute atomic E-state index is 0.0479. The molecule has 2 atom stereocenters. The van der Waals surface area contributed by atoms with E-state index < -0.39 is 6.10 Å². The molecule has 2 rings (SSSR count). The van der Waals surface area contributed by atoms with E-state index in [9.17, 15) is 9.50 Å². The Morgan fingerprint density at radius 3 is 3.07 bits per heavy atom. The molecule has 0 spiro atoms. The first-order valence-corrected chi connectivity index (χ1v) is 5.04. The van der Waals surface area contributed by atoms with Crippen molar-refractivity contribution in [3.63, 3.8) is 0 Å². The maximum absolute atomic E-state index is 13.0. The highest BCUT2D eigenvalue weighted by Crippen LogP contribution is 2.25. The largest absolute Gasteiger partial charge is 0.393 e. The highest BCUT2D eigenvalue weighted by molar-refractivity contribution is 5.53. The van der Waals surface area contributed by atoms with Crippen LogP contribution in [0.15, 0.2) is 30.9 Å². The smallest absolute Gasteiger partial charge is 0.123 e. The van der Waals surface area contributed by atoms with Crippen molar-refractivity contribution in [2.45, 2.75) is 25.0 Å². The minimum atomic E-state index is -0.441. The van der Waals surface area contributed by atoms with Crippen LogP contribution in [0.5, 0.6) is 0 Å². The molecule has 0 saturated heterocycles. The van der Waals surface area contributed by atoms with Gasteiger partial charge in [-0.1, -0.05) is 6.08 Å². The zero-order chi connectivity index (χ0) is 10.8. The first-order chi connectivity index (χ1) is 7.19. The fraction of sp³-hybridized carbons (Fsp3) is 0.333. The monoisotopic (exact) mass is 207 g/mol. The molecule has 0 amide bonds. The Labute approximate surface area is 88.4 Å². The molecule has 80 valence electrons. The SMILES string of the molecule is C=C[C@@H]1C[C@H](O)Cc2cc(F)ccc2N1. The third-order valence-corrected chi connectivity index (χ3v) is 2.67. The van der Waals surface area contributed by atoms with E-state index in [4.69, 9.17) is 0 Å². The van der Waals surface area contributed by atoms with Gasteiger partial charge in [0.05, 0.1) is 6.10 Å². The van der Waals surface area contributed by atoms with Crippen LogP contribution < -0.4 is 5.32 Å². The molecule has 1 aliphatic rings. The molecule has 0 aromatic heterocycles. The van der Waals surface area contributed by atoms with E-state index in [1.165, 1.54) is 12.1 Å². The number of hydrogen-bond acceptors (Lipinski definition) is 2. The van der Waals surface area contributed by atoms with Crippen molar-refractivity contribution >= 4 is 5.69 Å². The molecular formula is C12H14FNO. The van der Waals surface area contributed by atoms with Gasteiger partial charge < -0.3 is 10.4 Å². The number of nitrogens with one attached hydrogen (secondary N) is 1. The van der Waals surface area contributed by atoms with E-state index in [0.29, 0.717) is 12.8 Å². The van der Waals surface area contributed by atoms with Gasteiger partial charge >= 0.3 is 0 Å². The lowest BCUT2D eigenvalue weighted by molar-refractivity contribution is 0.165. The zero-order valence-electron chi connectivity index (χ0n) is 8.41. The molecule has 0 saturated carbocycles. The third-order valence-electron chi connectivity index (χ3n) is 2.67. The molecule has 0 fully saturated rings. The topological polar surface area (TPSA) is 32.3 Å². The number of aliphatic hydroxyl groups is 1. The van der Waals surface area contributed by atoms with E-state index in [-0.39, 0.29) is 11.9 Å². The summed E-state index contributed by atoms with van der Waals surface area (Å²) in [7, 11) is 0. The van der Waals surface area contributed by atoms with E-state index >= 15 is 0 Å². The summed E-state index contributed by atoms with van der Waals surface area (Å²) in [4.78, 5) is 0. The molecule has 0 bridgehead atoms. The van der Waals surface area contributed by atoms with Gasteiger partial charge in [-0.2, -0.15) is 0 Å². The molecule has 1 heterocycles. The van der Waals surface area contributed by atoms with Crippen molar-refractivity contribution in [2.75, 3.05) is 5.32 Å². The number of benzene rings is 1. The van der Waals surface area contributed by atoms with Gasteiger partial charge in [-0.25, -0.2) is 4.39 Å². The first kappa shape index (κ1) is 10.2. The second-order valence-corrected chi connectivity index (χ2v) is 3.88. The fourth-order valence-electron chi connectivity index (χ4n) is 1.92. The highest BCUT2D eigenvalue weighted by atomic mass is 19.1. The quantitative estimate of drug-likeness (QED) is 0.691. The van der Waals surface area contributed by atoms with Gasteiger partial charge in [0.2, 0.25) is 0 Å². The average molecular weight is 207 g/mol. The van der Waals surface area contributed by atoms with Crippen molar-refractivity contribution in [2.24, 2.45) is 0 Å². The Hall–Kier alpha value is -1.35. The van der Waals surface area contributed by atoms with Crippen molar-refractivity contribution < 1.29 is 9.50 Å². The van der Waals surface area contributed by atoms with Crippen molar-refractivity contribution in [3.05, 3.63) is 42.2 Å². The van der Waals surface area contributed by atoms with Crippen LogP contribution in [0.3, 0.4) is 0 Å². The van der Waals surface area contributed by atoms with E-state index in [1.54, 1.807) is 12.1 Å². The van der Waals surface area contributed by atoms with Crippen LogP contribution in [0.25, 0.3) is 0 Å². The molecule has 15 heavy (non-hydrogen) atoms. The summed E-state index contributed by atoms with van der Waals surface area (Å²) in [6, 6.07) is 4.65. The molecule has 0 radical (unpaired) electrons. The number of hydrogen-bond donors (Lipinski definition) is 2. The lowest BCUT2D eigenvalue weighted by Crippen LogP contribution is -2.20. The molecule has 1 aromatic carbocycles. The van der Waals surface area contributed by atoms with Crippen molar-refractivity contribution in [3.8, 4) is 0 Å². The van der Waals surface area contributed by atoms with Crippen LogP contribution in [0, 0.1) is 5.82 Å². The normalized spacial score (nSPS) is 24.9. The molecule has 0 unspecified atom stereocenters. The van der Waals surface area contributed by atoms with Crippen LogP contribution in [-0.4, -0.2) is 17.3 Å². The van der Waals surface area contributed by atoms with Gasteiger partial charge in [0, 0.05) is 18.2 Å². The van der Waals surface area contributed by atoms with Gasteiger partial charge in [-0.05, 0) is 30.2 Å². The molecule has 0 aliphatic carbocycles. The maximum atomic E-state index is 13.0. The number of anilines is 1. The predicted molar refractivity (Wildman–Crippen MR) is 58.3 cm³/mol. The number of fused-ring (bicyclic) bond motifs is 1. The zero-order valence-corrected chi connectivity index (χ0v) is 8.41. The van der Waals surface area contributed by atoms with Gasteiger partial charge in [0.25, 0.3) is 0 Å². The summed E-state index contributed by atoms with van der Waals surface area (Å²) in [5.41, 5.74) is 1.71. The molecular weight excluding hydrogens is 193 g/mol. The van der Waals surface area contributed by atoms with Gasteiger partial charge in [-0.3, -0.25) is 0 Å². The maximum Gasteiger partial charge on any atom is 0.123 e. The van der Waals surface area contributed by atoms with Gasteiger partial charge in [0.15, 0.2) is 0 Å². The Bertz CT molecular complexity index is 378. The van der Waals surface area contributed by atoms with Crippen LogP contribution in [0.4, 0.5) is 10.1 Å². The molecule has 1 aromatic rings. The summed E-state index contributed by atoms with van der Waals surface area (Å²) in [6.45, 7) is 3.70. The van der Waals surface area contributed by atoms with E-state index in [0.717, 1.165) is 11.3 Å². The molecule has 1 aliphatic heterocycles. The minimum Gasteiger partial charge on any atom is -0.393 e. The summed E-state index contributed by atoms with van der Waals surface area (Å²) in [5.74, 6) is -0.264. The number of halogens is 1. The highest BCUT2D eigenvalue weighted by Gasteiger charge is 2.19. The van der Waals surface area contributed by atoms with Crippen molar-refractivity contribution in [1.29, 1.82) is 0 Å². The second-order valence-electron chi connectivity index (χ2n) is 3.88. The van der Waals surface area contributed by atoms with Gasteiger partial charge in [0.1, 0.15) is 5.82 Å². The standard InChI is InChI=1S/C12H14FNO/c1-2-10-7-11(15)6-8-5-9(13)3-4-12(8)14-10/h2-5,10-11,14-15H,1,6-7H2/t10-,11-/m1/s1. The fourth-order valence-corrected chi connectivity index (χ4v) is 1.92. The lowest BCUT2D eigenvalue weighted by atomic mass is 10.0. The van der Waals surface area contributed by atoms with Crippen LogP contribution in [-0.2, 0) is 6.42 Å². The second kappa shape index (κ2) is 4.03. The van der Waals surface area contributed by atoms with Gasteiger partial charge in [-0.15, -0.1) is 6.58 Å². The van der Waals surface area contributed by atoms with E-state index in [1.807, 2.05) is 0 Å². The van der Waals surface area contributed by atoms with Crippen LogP contribution in [0.1, 0.15) is 12.0 Å². The lowest BCUT2D eigenvalue weighted by Gasteiger charge is -2.14. The number of aliphatic hydroxyl groups excluding tert-OH is 1. The van der Waals surface area contributed by atoms with E-state index in [2.05, 4.69) is 11.9 Å². The summed E-state index contributed by atoms with van der Waals surface area (Å²) in [5, 5.41) is 12.9. The number of rotatable bonds is 1. The predicted octanol–water partition coefficient (Wildman–Crippen LogP) is 2.10. The molecule has 2 nitrogen and oxygen atoms in total. The summed E-state index contributed by atoms with van der Waals surface area (Å²) in [6.07, 6.45) is 2.43. The Morgan fingerprint density at radius 1 is 1.53 bits per heavy atom. The third kappa shape index (κ3) is 2.18. The Balaban J connectivity index is 2.35. The molecule has 2 N–H and O–H groups in total. The Morgan fingerprint density at radius 2 is 2.33 bits per heavy atom. The van der Waals surface area contributed by atoms with Crippen LogP contribution in [0.2, 0.25) is 0 Å². The van der Waals surface area contributed by atoms with Crippen LogP contribution >= 0.6 is 0 Å². The molecule has 3 heteroatoms. The first-order valence-electron chi connectivity index (χ1n) is 5.04. The summed E-state index contributed by atoms with van der Waals surface area (Å²) < 4.78 is 13.0. The van der Waals surface area contributed by atoms with Crippen molar-refractivity contribution in [1.82, 2.24) is 0 Å². The average Bonchev–Trinajstić information content (AvgIpc) is 2.35. The summed E-state index contributed by atoms with van der Waals surface area (Å²) >= 11 is 0.